The van der Waals surface area contributed by atoms with E-state index < -0.39 is 11.6 Å². The second kappa shape index (κ2) is 3.39. The van der Waals surface area contributed by atoms with E-state index >= 15 is 0 Å². The molecule has 0 spiro atoms. The van der Waals surface area contributed by atoms with E-state index in [0.717, 1.165) is 6.07 Å². The summed E-state index contributed by atoms with van der Waals surface area (Å²) >= 11 is 3.09. The Balaban J connectivity index is 3.42. The Labute approximate surface area is 77.5 Å². The van der Waals surface area contributed by atoms with Gasteiger partial charge < -0.3 is 4.74 Å². The molecule has 0 N–H and O–H groups in total. The standard InChI is InChI=1S/C8H7BrF2O/c1-4-5(9)3-6(10)7(11)8(4)12-2/h3H,1-2H3. The molecule has 0 atom stereocenters. The van der Waals surface area contributed by atoms with Crippen LogP contribution in [0.15, 0.2) is 10.5 Å². The molecule has 12 heavy (non-hydrogen) atoms. The first-order valence-corrected chi connectivity index (χ1v) is 4.05. The van der Waals surface area contributed by atoms with E-state index in [-0.39, 0.29) is 5.75 Å². The van der Waals surface area contributed by atoms with Gasteiger partial charge in [-0.25, -0.2) is 4.39 Å². The predicted molar refractivity (Wildman–Crippen MR) is 45.3 cm³/mol. The second-order valence-electron chi connectivity index (χ2n) is 2.31. The quantitative estimate of drug-likeness (QED) is 0.682. The number of benzene rings is 1. The molecule has 0 bridgehead atoms. The highest BCUT2D eigenvalue weighted by Gasteiger charge is 2.14. The minimum absolute atomic E-state index is 0.0538. The minimum Gasteiger partial charge on any atom is -0.493 e. The van der Waals surface area contributed by atoms with Crippen LogP contribution in [0, 0.1) is 18.6 Å². The van der Waals surface area contributed by atoms with Gasteiger partial charge in [0.1, 0.15) is 0 Å². The lowest BCUT2D eigenvalue weighted by molar-refractivity contribution is 0.368. The lowest BCUT2D eigenvalue weighted by Crippen LogP contribution is -1.95. The first-order valence-electron chi connectivity index (χ1n) is 3.26. The Morgan fingerprint density at radius 3 is 2.50 bits per heavy atom. The molecule has 1 rings (SSSR count). The summed E-state index contributed by atoms with van der Waals surface area (Å²) in [5.41, 5.74) is 0.552. The summed E-state index contributed by atoms with van der Waals surface area (Å²) in [6.45, 7) is 1.64. The number of hydrogen-bond donors (Lipinski definition) is 0. The van der Waals surface area contributed by atoms with E-state index in [1.807, 2.05) is 0 Å². The van der Waals surface area contributed by atoms with E-state index in [9.17, 15) is 8.78 Å². The van der Waals surface area contributed by atoms with Crippen molar-refractivity contribution in [3.63, 3.8) is 0 Å². The SMILES string of the molecule is COc1c(C)c(Br)cc(F)c1F. The van der Waals surface area contributed by atoms with Crippen molar-refractivity contribution in [3.05, 3.63) is 27.7 Å². The molecule has 1 aromatic carbocycles. The van der Waals surface area contributed by atoms with Crippen LogP contribution in [-0.2, 0) is 0 Å². The Kier molecular flexibility index (Phi) is 2.67. The highest BCUT2D eigenvalue weighted by atomic mass is 79.9. The van der Waals surface area contributed by atoms with E-state index in [1.165, 1.54) is 7.11 Å². The Bertz CT molecular complexity index is 286. The van der Waals surface area contributed by atoms with E-state index in [0.29, 0.717) is 10.0 Å². The van der Waals surface area contributed by atoms with Gasteiger partial charge in [-0.3, -0.25) is 0 Å². The minimum atomic E-state index is -0.946. The fraction of sp³-hybridized carbons (Fsp3) is 0.250. The summed E-state index contributed by atoms with van der Waals surface area (Å²) in [6, 6.07) is 1.08. The van der Waals surface area contributed by atoms with Crippen LogP contribution in [0.3, 0.4) is 0 Å². The van der Waals surface area contributed by atoms with Crippen LogP contribution in [-0.4, -0.2) is 7.11 Å². The highest BCUT2D eigenvalue weighted by molar-refractivity contribution is 9.10. The molecule has 0 saturated carbocycles. The molecule has 0 heterocycles. The van der Waals surface area contributed by atoms with Crippen LogP contribution < -0.4 is 4.74 Å². The fourth-order valence-corrected chi connectivity index (χ4v) is 1.29. The van der Waals surface area contributed by atoms with Crippen LogP contribution >= 0.6 is 15.9 Å². The summed E-state index contributed by atoms with van der Waals surface area (Å²) in [7, 11) is 1.30. The van der Waals surface area contributed by atoms with Crippen molar-refractivity contribution >= 4 is 15.9 Å². The van der Waals surface area contributed by atoms with E-state index in [2.05, 4.69) is 15.9 Å². The third-order valence-electron chi connectivity index (χ3n) is 1.57. The topological polar surface area (TPSA) is 9.23 Å². The molecular formula is C8H7BrF2O. The van der Waals surface area contributed by atoms with Crippen molar-refractivity contribution in [2.45, 2.75) is 6.92 Å². The van der Waals surface area contributed by atoms with Crippen molar-refractivity contribution in [2.75, 3.05) is 7.11 Å². The summed E-state index contributed by atoms with van der Waals surface area (Å²) < 4.78 is 30.8. The first-order chi connectivity index (χ1) is 5.57. The molecule has 4 heteroatoms. The zero-order valence-corrected chi connectivity index (χ0v) is 8.21. The van der Waals surface area contributed by atoms with E-state index in [1.54, 1.807) is 6.92 Å². The summed E-state index contributed by atoms with van der Waals surface area (Å²) in [6.07, 6.45) is 0. The molecule has 1 aromatic rings. The van der Waals surface area contributed by atoms with Gasteiger partial charge in [0.05, 0.1) is 7.11 Å². The van der Waals surface area contributed by atoms with Crippen LogP contribution in [0.1, 0.15) is 5.56 Å². The molecular weight excluding hydrogens is 230 g/mol. The molecule has 0 aliphatic heterocycles. The zero-order valence-electron chi connectivity index (χ0n) is 6.62. The smallest absolute Gasteiger partial charge is 0.200 e. The van der Waals surface area contributed by atoms with Gasteiger partial charge in [-0.1, -0.05) is 15.9 Å². The van der Waals surface area contributed by atoms with Crippen molar-refractivity contribution in [2.24, 2.45) is 0 Å². The van der Waals surface area contributed by atoms with Crippen molar-refractivity contribution in [3.8, 4) is 5.75 Å². The lowest BCUT2D eigenvalue weighted by Gasteiger charge is -2.07. The molecule has 66 valence electrons. The average Bonchev–Trinajstić information content (AvgIpc) is 2.02. The van der Waals surface area contributed by atoms with Gasteiger partial charge >= 0.3 is 0 Å². The van der Waals surface area contributed by atoms with Gasteiger partial charge in [0.25, 0.3) is 0 Å². The highest BCUT2D eigenvalue weighted by Crippen LogP contribution is 2.30. The van der Waals surface area contributed by atoms with Gasteiger partial charge in [0.2, 0.25) is 5.82 Å². The molecule has 0 saturated heterocycles. The normalized spacial score (nSPS) is 10.1. The average molecular weight is 237 g/mol. The molecule has 0 unspecified atom stereocenters. The molecule has 0 radical (unpaired) electrons. The molecule has 0 amide bonds. The lowest BCUT2D eigenvalue weighted by atomic mass is 10.2. The third kappa shape index (κ3) is 1.43. The van der Waals surface area contributed by atoms with Crippen molar-refractivity contribution in [1.29, 1.82) is 0 Å². The second-order valence-corrected chi connectivity index (χ2v) is 3.17. The van der Waals surface area contributed by atoms with Crippen LogP contribution in [0.25, 0.3) is 0 Å². The maximum atomic E-state index is 12.9. The van der Waals surface area contributed by atoms with Gasteiger partial charge in [-0.05, 0) is 13.0 Å². The molecule has 0 fully saturated rings. The van der Waals surface area contributed by atoms with Gasteiger partial charge in [0.15, 0.2) is 11.6 Å². The zero-order chi connectivity index (χ0) is 9.30. The summed E-state index contributed by atoms with van der Waals surface area (Å²) in [5.74, 6) is -1.91. The van der Waals surface area contributed by atoms with Crippen molar-refractivity contribution in [1.82, 2.24) is 0 Å². The van der Waals surface area contributed by atoms with Gasteiger partial charge in [-0.15, -0.1) is 0 Å². The van der Waals surface area contributed by atoms with E-state index in [4.69, 9.17) is 4.74 Å². The largest absolute Gasteiger partial charge is 0.493 e. The fourth-order valence-electron chi connectivity index (χ4n) is 0.907. The summed E-state index contributed by atoms with van der Waals surface area (Å²) in [4.78, 5) is 0. The number of hydrogen-bond acceptors (Lipinski definition) is 1. The van der Waals surface area contributed by atoms with Gasteiger partial charge in [-0.2, -0.15) is 4.39 Å². The Morgan fingerprint density at radius 2 is 2.00 bits per heavy atom. The van der Waals surface area contributed by atoms with Crippen LogP contribution in [0.4, 0.5) is 8.78 Å². The molecule has 1 nitrogen and oxygen atoms in total. The van der Waals surface area contributed by atoms with Crippen molar-refractivity contribution < 1.29 is 13.5 Å². The molecule has 0 aliphatic carbocycles. The number of ether oxygens (including phenoxy) is 1. The number of halogens is 3. The third-order valence-corrected chi connectivity index (χ3v) is 2.39. The first kappa shape index (κ1) is 9.45. The molecule has 0 aromatic heterocycles. The molecule has 0 aliphatic rings. The summed E-state index contributed by atoms with van der Waals surface area (Å²) in [5, 5.41) is 0. The monoisotopic (exact) mass is 236 g/mol. The Hall–Kier alpha value is -0.640. The van der Waals surface area contributed by atoms with Crippen LogP contribution in [0.5, 0.6) is 5.75 Å². The van der Waals surface area contributed by atoms with Gasteiger partial charge in [0, 0.05) is 10.0 Å². The maximum Gasteiger partial charge on any atom is 0.200 e. The van der Waals surface area contributed by atoms with Crippen LogP contribution in [0.2, 0.25) is 0 Å². The predicted octanol–water partition coefficient (Wildman–Crippen LogP) is 3.04. The Morgan fingerprint density at radius 1 is 1.42 bits per heavy atom. The number of rotatable bonds is 1. The maximum absolute atomic E-state index is 12.9. The number of methoxy groups -OCH3 is 1.